The summed E-state index contributed by atoms with van der Waals surface area (Å²) in [6.45, 7) is 11.7. The van der Waals surface area contributed by atoms with E-state index >= 15 is 0 Å². The second kappa shape index (κ2) is 12.2. The van der Waals surface area contributed by atoms with Crippen molar-refractivity contribution < 1.29 is 14.2 Å². The Morgan fingerprint density at radius 1 is 1.09 bits per heavy atom. The summed E-state index contributed by atoms with van der Waals surface area (Å²) in [7, 11) is 3.96. The van der Waals surface area contributed by atoms with E-state index in [1.807, 2.05) is 27.7 Å². The lowest BCUT2D eigenvalue weighted by Gasteiger charge is -2.34. The van der Waals surface area contributed by atoms with Crippen molar-refractivity contribution >= 4 is 0 Å². The minimum absolute atomic E-state index is 0.388. The van der Waals surface area contributed by atoms with Crippen LogP contribution in [-0.2, 0) is 4.74 Å². The van der Waals surface area contributed by atoms with Crippen LogP contribution in [0, 0.1) is 0 Å². The lowest BCUT2D eigenvalue weighted by molar-refractivity contribution is -0.00315. The molecule has 2 rings (SSSR count). The van der Waals surface area contributed by atoms with Crippen LogP contribution in [0.2, 0.25) is 0 Å². The van der Waals surface area contributed by atoms with Gasteiger partial charge in [0.2, 0.25) is 0 Å². The minimum Gasteiger partial charge on any atom is -0.390 e. The van der Waals surface area contributed by atoms with Gasteiger partial charge in [0, 0.05) is 39.3 Å². The Bertz CT molecular complexity index is 259. The molecule has 0 aromatic heterocycles. The molecule has 5 heteroatoms. The summed E-state index contributed by atoms with van der Waals surface area (Å²) in [6.07, 6.45) is 1.72. The highest BCUT2D eigenvalue weighted by Gasteiger charge is 2.28. The number of rotatable bonds is 2. The summed E-state index contributed by atoms with van der Waals surface area (Å²) in [4.78, 5) is 4.40. The van der Waals surface area contributed by atoms with Gasteiger partial charge in [-0.15, -0.1) is 0 Å². The van der Waals surface area contributed by atoms with Crippen LogP contribution in [0.4, 0.5) is 4.39 Å². The van der Waals surface area contributed by atoms with Crippen LogP contribution >= 0.6 is 0 Å². The number of methoxy groups -OCH3 is 1. The number of likely N-dealkylation sites (tertiary alicyclic amines) is 2. The average molecular weight is 320 g/mol. The Kier molecular flexibility index (Phi) is 12.1. The van der Waals surface area contributed by atoms with Gasteiger partial charge in [-0.3, -0.25) is 4.90 Å². The minimum atomic E-state index is -1.05. The molecule has 0 unspecified atom stereocenters. The third-order valence-electron chi connectivity index (χ3n) is 4.27. The molecule has 4 nitrogen and oxygen atoms in total. The van der Waals surface area contributed by atoms with Gasteiger partial charge in [-0.2, -0.15) is 0 Å². The predicted molar refractivity (Wildman–Crippen MR) is 91.1 cm³/mol. The van der Waals surface area contributed by atoms with E-state index in [2.05, 4.69) is 16.8 Å². The molecule has 2 aliphatic rings. The SMILES string of the molecule is CC.CC(C)N1CC[C@@H](O)[C@H](F)C1.COC1CCN(C)CC1. The molecule has 0 aromatic rings. The van der Waals surface area contributed by atoms with Crippen LogP contribution in [-0.4, -0.2) is 79.7 Å². The number of ether oxygens (including phenoxy) is 1. The summed E-state index contributed by atoms with van der Waals surface area (Å²) >= 11 is 0. The number of piperidine rings is 2. The van der Waals surface area contributed by atoms with E-state index in [4.69, 9.17) is 9.84 Å². The van der Waals surface area contributed by atoms with Crippen molar-refractivity contribution in [3.8, 4) is 0 Å². The third kappa shape index (κ3) is 8.42. The molecule has 22 heavy (non-hydrogen) atoms. The third-order valence-corrected chi connectivity index (χ3v) is 4.27. The molecule has 0 aromatic carbocycles. The van der Waals surface area contributed by atoms with E-state index in [1.54, 1.807) is 7.11 Å². The Morgan fingerprint density at radius 3 is 2.05 bits per heavy atom. The Morgan fingerprint density at radius 2 is 1.64 bits per heavy atom. The number of hydrogen-bond acceptors (Lipinski definition) is 4. The van der Waals surface area contributed by atoms with Gasteiger partial charge in [-0.1, -0.05) is 13.8 Å². The first-order valence-electron chi connectivity index (χ1n) is 8.71. The zero-order chi connectivity index (χ0) is 17.1. The Labute approximate surface area is 136 Å². The monoisotopic (exact) mass is 320 g/mol. The molecule has 134 valence electrons. The van der Waals surface area contributed by atoms with Crippen molar-refractivity contribution in [3.05, 3.63) is 0 Å². The van der Waals surface area contributed by atoms with E-state index in [9.17, 15) is 4.39 Å². The molecule has 0 amide bonds. The van der Waals surface area contributed by atoms with Crippen LogP contribution < -0.4 is 0 Å². The van der Waals surface area contributed by atoms with Gasteiger partial charge in [-0.05, 0) is 40.2 Å². The fourth-order valence-corrected chi connectivity index (χ4v) is 2.61. The van der Waals surface area contributed by atoms with Crippen molar-refractivity contribution in [2.45, 2.75) is 71.4 Å². The number of aliphatic hydroxyl groups excluding tert-OH is 1. The van der Waals surface area contributed by atoms with Crippen molar-refractivity contribution in [1.29, 1.82) is 0 Å². The average Bonchev–Trinajstić information content (AvgIpc) is 2.53. The summed E-state index contributed by atoms with van der Waals surface area (Å²) < 4.78 is 18.1. The molecule has 2 atom stereocenters. The van der Waals surface area contributed by atoms with Crippen LogP contribution in [0.15, 0.2) is 0 Å². The number of halogens is 1. The largest absolute Gasteiger partial charge is 0.390 e. The summed E-state index contributed by atoms with van der Waals surface area (Å²) in [5.74, 6) is 0. The zero-order valence-corrected chi connectivity index (χ0v) is 15.4. The fourth-order valence-electron chi connectivity index (χ4n) is 2.61. The first-order valence-corrected chi connectivity index (χ1v) is 8.71. The van der Waals surface area contributed by atoms with Crippen molar-refractivity contribution in [2.24, 2.45) is 0 Å². The predicted octanol–water partition coefficient (Wildman–Crippen LogP) is 2.55. The van der Waals surface area contributed by atoms with Crippen molar-refractivity contribution in [2.75, 3.05) is 40.3 Å². The maximum Gasteiger partial charge on any atom is 0.139 e. The smallest absolute Gasteiger partial charge is 0.139 e. The number of hydrogen-bond donors (Lipinski definition) is 1. The molecule has 2 heterocycles. The molecular formula is C17H37FN2O2. The van der Waals surface area contributed by atoms with Gasteiger partial charge in [0.1, 0.15) is 6.17 Å². The molecular weight excluding hydrogens is 283 g/mol. The van der Waals surface area contributed by atoms with Gasteiger partial charge in [0.15, 0.2) is 0 Å². The molecule has 2 saturated heterocycles. The molecule has 2 fully saturated rings. The van der Waals surface area contributed by atoms with Crippen LogP contribution in [0.25, 0.3) is 0 Å². The first kappa shape index (κ1) is 21.8. The lowest BCUT2D eigenvalue weighted by atomic mass is 10.1. The molecule has 0 aliphatic carbocycles. The van der Waals surface area contributed by atoms with Gasteiger partial charge >= 0.3 is 0 Å². The molecule has 0 radical (unpaired) electrons. The van der Waals surface area contributed by atoms with Crippen LogP contribution in [0.1, 0.15) is 47.0 Å². The maximum absolute atomic E-state index is 12.9. The van der Waals surface area contributed by atoms with E-state index in [0.29, 0.717) is 25.1 Å². The maximum atomic E-state index is 12.9. The van der Waals surface area contributed by atoms with E-state index in [-0.39, 0.29) is 0 Å². The van der Waals surface area contributed by atoms with Crippen LogP contribution in [0.3, 0.4) is 0 Å². The summed E-state index contributed by atoms with van der Waals surface area (Å²) in [5, 5.41) is 9.08. The normalized spacial score (nSPS) is 27.7. The van der Waals surface area contributed by atoms with Crippen molar-refractivity contribution in [3.63, 3.8) is 0 Å². The zero-order valence-electron chi connectivity index (χ0n) is 15.4. The number of nitrogens with zero attached hydrogens (tertiary/aromatic N) is 2. The molecule has 0 saturated carbocycles. The topological polar surface area (TPSA) is 35.9 Å². The standard InChI is InChI=1S/C8H16FNO.C7H15NO.C2H6/c1-6(2)10-4-3-8(11)7(9)5-10;1-8-5-3-7(9-2)4-6-8;1-2/h6-8,11H,3-5H2,1-2H3;7H,3-6H2,1-2H3;1-2H3/t7-,8-;;/m1../s1. The van der Waals surface area contributed by atoms with Gasteiger partial charge in [-0.25, -0.2) is 4.39 Å². The van der Waals surface area contributed by atoms with E-state index < -0.39 is 12.3 Å². The van der Waals surface area contributed by atoms with Gasteiger partial charge < -0.3 is 14.7 Å². The molecule has 1 N–H and O–H groups in total. The van der Waals surface area contributed by atoms with Crippen molar-refractivity contribution in [1.82, 2.24) is 9.80 Å². The van der Waals surface area contributed by atoms with Gasteiger partial charge in [0.25, 0.3) is 0 Å². The fraction of sp³-hybridized carbons (Fsp3) is 1.00. The first-order chi connectivity index (χ1) is 10.4. The highest BCUT2D eigenvalue weighted by Crippen LogP contribution is 2.15. The van der Waals surface area contributed by atoms with E-state index in [1.165, 1.54) is 25.9 Å². The second-order valence-electron chi connectivity index (χ2n) is 6.20. The Balaban J connectivity index is 0.000000366. The lowest BCUT2D eigenvalue weighted by Crippen LogP contribution is -2.47. The molecule has 2 aliphatic heterocycles. The molecule has 0 bridgehead atoms. The molecule has 0 spiro atoms. The number of alkyl halides is 1. The summed E-state index contributed by atoms with van der Waals surface area (Å²) in [5.41, 5.74) is 0. The highest BCUT2D eigenvalue weighted by atomic mass is 19.1. The Hall–Kier alpha value is -0.230. The van der Waals surface area contributed by atoms with Gasteiger partial charge in [0.05, 0.1) is 12.2 Å². The van der Waals surface area contributed by atoms with Crippen LogP contribution in [0.5, 0.6) is 0 Å². The highest BCUT2D eigenvalue weighted by molar-refractivity contribution is 4.81. The number of aliphatic hydroxyl groups is 1. The quantitative estimate of drug-likeness (QED) is 0.848. The summed E-state index contributed by atoms with van der Waals surface area (Å²) in [6, 6.07) is 0.390. The second-order valence-corrected chi connectivity index (χ2v) is 6.20. The van der Waals surface area contributed by atoms with E-state index in [0.717, 1.165) is 6.54 Å².